The molecule has 0 bridgehead atoms. The molecular weight excluding hydrogens is 502 g/mol. The topological polar surface area (TPSA) is 121 Å². The van der Waals surface area contributed by atoms with Crippen molar-refractivity contribution in [3.8, 4) is 0 Å². The Bertz CT molecular complexity index is 1280. The zero-order valence-electron chi connectivity index (χ0n) is 22.2. The van der Waals surface area contributed by atoms with Crippen molar-refractivity contribution in [1.82, 2.24) is 0 Å². The Morgan fingerprint density at radius 2 is 1.13 bits per heavy atom. The van der Waals surface area contributed by atoms with Crippen LogP contribution in [0.5, 0.6) is 0 Å². The van der Waals surface area contributed by atoms with Gasteiger partial charge < -0.3 is 24.2 Å². The Labute approximate surface area is 227 Å². The molecule has 0 aliphatic rings. The lowest BCUT2D eigenvalue weighted by atomic mass is 10.1. The van der Waals surface area contributed by atoms with Crippen LogP contribution in [0.2, 0.25) is 0 Å². The third-order valence-corrected chi connectivity index (χ3v) is 5.75. The highest BCUT2D eigenvalue weighted by Gasteiger charge is 2.36. The maximum atomic E-state index is 13.0. The minimum atomic E-state index is -1.59. The summed E-state index contributed by atoms with van der Waals surface area (Å²) in [5.74, 6) is -2.22. The number of aliphatic hydroxyl groups is 1. The second-order valence-electron chi connectivity index (χ2n) is 8.94. The van der Waals surface area contributed by atoms with E-state index in [1.165, 1.54) is 7.11 Å². The molecule has 0 radical (unpaired) electrons. The van der Waals surface area contributed by atoms with Gasteiger partial charge in [0.25, 0.3) is 0 Å². The maximum Gasteiger partial charge on any atom is 0.338 e. The van der Waals surface area contributed by atoms with Gasteiger partial charge in [-0.3, -0.25) is 0 Å². The summed E-state index contributed by atoms with van der Waals surface area (Å²) in [6.45, 7) is 5.06. The van der Waals surface area contributed by atoms with E-state index in [4.69, 9.17) is 19.0 Å². The first-order chi connectivity index (χ1) is 18.7. The van der Waals surface area contributed by atoms with E-state index < -0.39 is 42.8 Å². The van der Waals surface area contributed by atoms with Crippen LogP contribution >= 0.6 is 0 Å². The largest absolute Gasteiger partial charge is 0.459 e. The number of carbonyl (C=O) groups is 3. The molecule has 204 valence electrons. The number of hydrogen-bond acceptors (Lipinski definition) is 9. The van der Waals surface area contributed by atoms with Gasteiger partial charge in [0.05, 0.1) is 22.9 Å². The van der Waals surface area contributed by atoms with Crippen molar-refractivity contribution in [2.45, 2.75) is 39.1 Å². The summed E-state index contributed by atoms with van der Waals surface area (Å²) < 4.78 is 16.5. The molecule has 0 amide bonds. The fourth-order valence-electron chi connectivity index (χ4n) is 3.46. The van der Waals surface area contributed by atoms with E-state index in [2.05, 4.69) is 5.16 Å². The van der Waals surface area contributed by atoms with Crippen LogP contribution in [0.1, 0.15) is 47.8 Å². The van der Waals surface area contributed by atoms with E-state index in [0.717, 1.165) is 22.9 Å². The Kier molecular flexibility index (Phi) is 10.3. The molecule has 3 atom stereocenters. The lowest BCUT2D eigenvalue weighted by molar-refractivity contribution is -0.0784. The van der Waals surface area contributed by atoms with Crippen molar-refractivity contribution in [3.05, 3.63) is 106 Å². The molecule has 0 saturated heterocycles. The molecule has 9 nitrogen and oxygen atoms in total. The Balaban J connectivity index is 1.85. The number of aliphatic hydroxyl groups excluding tert-OH is 1. The second-order valence-corrected chi connectivity index (χ2v) is 8.94. The fourth-order valence-corrected chi connectivity index (χ4v) is 3.46. The molecule has 0 saturated carbocycles. The molecule has 0 heterocycles. The number of carbonyl (C=O) groups excluding carboxylic acids is 3. The number of benzene rings is 3. The lowest BCUT2D eigenvalue weighted by Crippen LogP contribution is -2.46. The van der Waals surface area contributed by atoms with Crippen LogP contribution < -0.4 is 0 Å². The molecule has 3 aromatic carbocycles. The average Bonchev–Trinajstić information content (AvgIpc) is 2.93. The zero-order valence-corrected chi connectivity index (χ0v) is 22.2. The van der Waals surface area contributed by atoms with Gasteiger partial charge in [0.2, 0.25) is 0 Å². The van der Waals surface area contributed by atoms with Crippen molar-refractivity contribution in [2.24, 2.45) is 5.16 Å². The molecule has 1 N–H and O–H groups in total. The number of rotatable bonds is 11. The monoisotopic (exact) mass is 533 g/mol. The van der Waals surface area contributed by atoms with Gasteiger partial charge >= 0.3 is 17.9 Å². The molecular formula is C30H31NO8. The maximum absolute atomic E-state index is 13.0. The third-order valence-electron chi connectivity index (χ3n) is 5.75. The van der Waals surface area contributed by atoms with Crippen LogP contribution in [0, 0.1) is 20.8 Å². The molecule has 9 heteroatoms. The van der Waals surface area contributed by atoms with E-state index in [0.29, 0.717) is 0 Å². The van der Waals surface area contributed by atoms with Crippen molar-refractivity contribution < 1.29 is 38.5 Å². The van der Waals surface area contributed by atoms with Crippen LogP contribution in [0.4, 0.5) is 0 Å². The van der Waals surface area contributed by atoms with Gasteiger partial charge in [0.15, 0.2) is 12.2 Å². The van der Waals surface area contributed by atoms with Gasteiger partial charge in [-0.05, 0) is 57.2 Å². The molecule has 0 fully saturated rings. The van der Waals surface area contributed by atoms with E-state index >= 15 is 0 Å². The van der Waals surface area contributed by atoms with Crippen LogP contribution in [-0.4, -0.2) is 61.3 Å². The summed E-state index contributed by atoms with van der Waals surface area (Å²) in [5.41, 5.74) is 3.57. The predicted molar refractivity (Wildman–Crippen MR) is 144 cm³/mol. The van der Waals surface area contributed by atoms with Gasteiger partial charge in [0.1, 0.15) is 19.8 Å². The SMILES string of the molecule is CON=C[C@@H](OC(=O)c1ccc(C)cc1)[C@H](OC(=O)c1ccc(C)cc1)[C@H](O)COC(=O)c1ccc(C)cc1. The highest BCUT2D eigenvalue weighted by molar-refractivity contribution is 5.92. The van der Waals surface area contributed by atoms with Crippen molar-refractivity contribution in [2.75, 3.05) is 13.7 Å². The van der Waals surface area contributed by atoms with Crippen LogP contribution in [0.3, 0.4) is 0 Å². The summed E-state index contributed by atoms with van der Waals surface area (Å²) >= 11 is 0. The lowest BCUT2D eigenvalue weighted by Gasteiger charge is -2.28. The smallest absolute Gasteiger partial charge is 0.338 e. The Morgan fingerprint density at radius 3 is 1.56 bits per heavy atom. The number of aryl methyl sites for hydroxylation is 3. The van der Waals surface area contributed by atoms with E-state index in [1.807, 2.05) is 20.8 Å². The first-order valence-corrected chi connectivity index (χ1v) is 12.2. The van der Waals surface area contributed by atoms with Gasteiger partial charge in [0, 0.05) is 0 Å². The number of nitrogens with zero attached hydrogens (tertiary/aromatic N) is 1. The Hall–Kier alpha value is -4.50. The zero-order chi connectivity index (χ0) is 28.4. The predicted octanol–water partition coefficient (Wildman–Crippen LogP) is 4.21. The van der Waals surface area contributed by atoms with Gasteiger partial charge in [-0.25, -0.2) is 14.4 Å². The van der Waals surface area contributed by atoms with Gasteiger partial charge in [-0.1, -0.05) is 58.2 Å². The van der Waals surface area contributed by atoms with Crippen molar-refractivity contribution >= 4 is 24.1 Å². The quantitative estimate of drug-likeness (QED) is 0.168. The number of ether oxygens (including phenoxy) is 3. The van der Waals surface area contributed by atoms with Crippen LogP contribution in [0.15, 0.2) is 78.0 Å². The Morgan fingerprint density at radius 1 is 0.718 bits per heavy atom. The third kappa shape index (κ3) is 8.51. The molecule has 0 aromatic heterocycles. The van der Waals surface area contributed by atoms with E-state index in [1.54, 1.807) is 72.8 Å². The minimum absolute atomic E-state index is 0.210. The average molecular weight is 534 g/mol. The molecule has 0 aliphatic heterocycles. The molecule has 3 aromatic rings. The summed E-state index contributed by atoms with van der Waals surface area (Å²) in [7, 11) is 1.28. The summed E-state index contributed by atoms with van der Waals surface area (Å²) in [6, 6.07) is 19.9. The minimum Gasteiger partial charge on any atom is -0.459 e. The molecule has 3 rings (SSSR count). The first kappa shape index (κ1) is 29.1. The fraction of sp³-hybridized carbons (Fsp3) is 0.267. The van der Waals surface area contributed by atoms with E-state index in [9.17, 15) is 19.5 Å². The molecule has 0 unspecified atom stereocenters. The van der Waals surface area contributed by atoms with Gasteiger partial charge in [-0.2, -0.15) is 0 Å². The summed E-state index contributed by atoms with van der Waals surface area (Å²) in [4.78, 5) is 43.1. The second kappa shape index (κ2) is 13.9. The number of hydrogen-bond donors (Lipinski definition) is 1. The first-order valence-electron chi connectivity index (χ1n) is 12.2. The van der Waals surface area contributed by atoms with Crippen molar-refractivity contribution in [1.29, 1.82) is 0 Å². The highest BCUT2D eigenvalue weighted by Crippen LogP contribution is 2.17. The van der Waals surface area contributed by atoms with Crippen LogP contribution in [-0.2, 0) is 19.0 Å². The highest BCUT2D eigenvalue weighted by atomic mass is 16.6. The number of esters is 3. The molecule has 0 spiro atoms. The molecule has 0 aliphatic carbocycles. The summed E-state index contributed by atoms with van der Waals surface area (Å²) in [6.07, 6.45) is -3.39. The van der Waals surface area contributed by atoms with Gasteiger partial charge in [-0.15, -0.1) is 0 Å². The van der Waals surface area contributed by atoms with E-state index in [-0.39, 0.29) is 16.7 Å². The number of oxime groups is 1. The van der Waals surface area contributed by atoms with Crippen LogP contribution in [0.25, 0.3) is 0 Å². The summed E-state index contributed by atoms with van der Waals surface area (Å²) in [5, 5.41) is 14.7. The standard InChI is InChI=1S/C30H31NO8/c1-19-5-11-22(12-6-19)28(33)37-18-25(32)27(39-30(35)24-15-9-21(3)10-16-24)26(17-31-36-4)38-29(34)23-13-7-20(2)8-14-23/h5-17,25-27,32H,18H2,1-4H3/t25-,26-,27-/m1/s1. The van der Waals surface area contributed by atoms with Crippen molar-refractivity contribution in [3.63, 3.8) is 0 Å². The molecule has 39 heavy (non-hydrogen) atoms. The normalized spacial score (nSPS) is 13.3.